The van der Waals surface area contributed by atoms with E-state index in [1.165, 1.54) is 19.2 Å². The molecule has 3 aromatic rings. The number of methoxy groups -OCH3 is 1. The van der Waals surface area contributed by atoms with Crippen LogP contribution in [0.5, 0.6) is 11.5 Å². The van der Waals surface area contributed by atoms with Gasteiger partial charge in [0.25, 0.3) is 5.69 Å². The summed E-state index contributed by atoms with van der Waals surface area (Å²) in [7, 11) is 1.51. The highest BCUT2D eigenvalue weighted by molar-refractivity contribution is 14.1. The fourth-order valence-electron chi connectivity index (χ4n) is 3.27. The summed E-state index contributed by atoms with van der Waals surface area (Å²) in [6, 6.07) is 17.4. The van der Waals surface area contributed by atoms with Gasteiger partial charge in [-0.05, 0) is 71.0 Å². The van der Waals surface area contributed by atoms with Crippen LogP contribution in [0.1, 0.15) is 22.3 Å². The third-order valence-corrected chi connectivity index (χ3v) is 5.78. The molecule has 9 heteroatoms. The number of halogens is 1. The molecule has 0 fully saturated rings. The van der Waals surface area contributed by atoms with Crippen LogP contribution in [0.15, 0.2) is 71.4 Å². The van der Waals surface area contributed by atoms with Crippen molar-refractivity contribution in [1.82, 2.24) is 0 Å². The number of aryl methyl sites for hydroxylation is 1. The Labute approximate surface area is 209 Å². The third kappa shape index (κ3) is 5.25. The van der Waals surface area contributed by atoms with Crippen molar-refractivity contribution in [2.24, 2.45) is 4.99 Å². The van der Waals surface area contributed by atoms with Gasteiger partial charge in [-0.25, -0.2) is 9.79 Å². The first-order valence-electron chi connectivity index (χ1n) is 10.2. The van der Waals surface area contributed by atoms with Gasteiger partial charge in [-0.15, -0.1) is 0 Å². The van der Waals surface area contributed by atoms with Crippen LogP contribution >= 0.6 is 22.6 Å². The molecule has 3 aromatic carbocycles. The first kappa shape index (κ1) is 23.4. The Morgan fingerprint density at radius 2 is 1.91 bits per heavy atom. The first-order valence-corrected chi connectivity index (χ1v) is 11.2. The van der Waals surface area contributed by atoms with E-state index in [1.54, 1.807) is 24.3 Å². The lowest BCUT2D eigenvalue weighted by molar-refractivity contribution is -0.384. The molecule has 0 saturated heterocycles. The van der Waals surface area contributed by atoms with E-state index in [9.17, 15) is 14.9 Å². The van der Waals surface area contributed by atoms with E-state index in [2.05, 4.69) is 27.6 Å². The van der Waals surface area contributed by atoms with Gasteiger partial charge in [0.15, 0.2) is 17.2 Å². The van der Waals surface area contributed by atoms with E-state index in [4.69, 9.17) is 14.2 Å². The number of ether oxygens (including phenoxy) is 3. The maximum absolute atomic E-state index is 12.4. The highest BCUT2D eigenvalue weighted by Crippen LogP contribution is 2.35. The van der Waals surface area contributed by atoms with E-state index in [0.29, 0.717) is 22.6 Å². The number of cyclic esters (lactones) is 1. The molecule has 1 aliphatic heterocycles. The predicted octanol–water partition coefficient (Wildman–Crippen LogP) is 5.44. The molecule has 1 heterocycles. The monoisotopic (exact) mass is 570 g/mol. The Hall–Kier alpha value is -3.73. The lowest BCUT2D eigenvalue weighted by Crippen LogP contribution is -2.05. The van der Waals surface area contributed by atoms with Crippen LogP contribution < -0.4 is 9.47 Å². The number of nitrogens with zero attached hydrogens (tertiary/aromatic N) is 2. The number of benzene rings is 3. The molecule has 0 aromatic heterocycles. The largest absolute Gasteiger partial charge is 0.493 e. The summed E-state index contributed by atoms with van der Waals surface area (Å²) in [6.07, 6.45) is 1.62. The maximum Gasteiger partial charge on any atom is 0.363 e. The molecule has 0 unspecified atom stereocenters. The van der Waals surface area contributed by atoms with Crippen molar-refractivity contribution < 1.29 is 23.9 Å². The first-order chi connectivity index (χ1) is 16.3. The van der Waals surface area contributed by atoms with Crippen molar-refractivity contribution in [3.63, 3.8) is 0 Å². The predicted molar refractivity (Wildman–Crippen MR) is 135 cm³/mol. The highest BCUT2D eigenvalue weighted by atomic mass is 127. The van der Waals surface area contributed by atoms with Crippen LogP contribution in [0.3, 0.4) is 0 Å². The number of carbonyl (C=O) groups excluding carboxylic acids is 1. The molecular formula is C25H19IN2O6. The molecule has 0 spiro atoms. The van der Waals surface area contributed by atoms with E-state index in [0.717, 1.165) is 14.7 Å². The molecule has 1 aliphatic rings. The number of hydrogen-bond donors (Lipinski definition) is 0. The van der Waals surface area contributed by atoms with Gasteiger partial charge in [-0.2, -0.15) is 0 Å². The van der Waals surface area contributed by atoms with Crippen molar-refractivity contribution in [2.75, 3.05) is 7.11 Å². The van der Waals surface area contributed by atoms with Gasteiger partial charge in [-0.3, -0.25) is 10.1 Å². The Balaban J connectivity index is 1.57. The maximum atomic E-state index is 12.4. The minimum atomic E-state index is -0.532. The smallest absolute Gasteiger partial charge is 0.363 e. The number of aliphatic imine (C=N–C) groups is 1. The number of hydrogen-bond acceptors (Lipinski definition) is 7. The summed E-state index contributed by atoms with van der Waals surface area (Å²) in [6.45, 7) is 2.11. The van der Waals surface area contributed by atoms with Gasteiger partial charge in [0.05, 0.1) is 15.6 Å². The molecule has 172 valence electrons. The molecule has 0 radical (unpaired) electrons. The van der Waals surface area contributed by atoms with Crippen molar-refractivity contribution >= 4 is 46.2 Å². The van der Waals surface area contributed by atoms with Crippen molar-refractivity contribution in [2.45, 2.75) is 13.5 Å². The number of non-ortho nitro benzene ring substituents is 1. The lowest BCUT2D eigenvalue weighted by Gasteiger charge is -2.13. The SMILES string of the molecule is COc1cc(/C=C2\N=C(c3ccc(C)cc3)OC2=O)cc(I)c1OCc1cccc([N+](=O)[O-])c1. The summed E-state index contributed by atoms with van der Waals surface area (Å²) < 4.78 is 17.5. The Morgan fingerprint density at radius 3 is 2.62 bits per heavy atom. The van der Waals surface area contributed by atoms with E-state index in [1.807, 2.05) is 37.3 Å². The lowest BCUT2D eigenvalue weighted by atomic mass is 10.1. The fraction of sp³-hybridized carbons (Fsp3) is 0.120. The average Bonchev–Trinajstić information content (AvgIpc) is 3.18. The minimum absolute atomic E-state index is 0.00116. The zero-order valence-electron chi connectivity index (χ0n) is 18.3. The highest BCUT2D eigenvalue weighted by Gasteiger charge is 2.24. The quantitative estimate of drug-likeness (QED) is 0.123. The fourth-order valence-corrected chi connectivity index (χ4v) is 4.05. The number of carbonyl (C=O) groups is 1. The minimum Gasteiger partial charge on any atom is -0.493 e. The molecule has 0 amide bonds. The molecule has 8 nitrogen and oxygen atoms in total. The second-order valence-electron chi connectivity index (χ2n) is 7.45. The Bertz CT molecular complexity index is 1330. The van der Waals surface area contributed by atoms with E-state index in [-0.39, 0.29) is 23.9 Å². The summed E-state index contributed by atoms with van der Waals surface area (Å²) >= 11 is 2.11. The van der Waals surface area contributed by atoms with Crippen molar-refractivity contribution in [1.29, 1.82) is 0 Å². The normalized spacial score (nSPS) is 14.0. The summed E-state index contributed by atoms with van der Waals surface area (Å²) in [5.41, 5.74) is 3.34. The van der Waals surface area contributed by atoms with Gasteiger partial charge in [0.2, 0.25) is 5.90 Å². The van der Waals surface area contributed by atoms with Crippen LogP contribution in [0.4, 0.5) is 5.69 Å². The van der Waals surface area contributed by atoms with Gasteiger partial charge in [-0.1, -0.05) is 29.8 Å². The molecule has 0 saturated carbocycles. The molecular weight excluding hydrogens is 551 g/mol. The van der Waals surface area contributed by atoms with Crippen molar-refractivity contribution in [3.8, 4) is 11.5 Å². The number of rotatable bonds is 7. The number of esters is 1. The average molecular weight is 570 g/mol. The van der Waals surface area contributed by atoms with Crippen LogP contribution in [-0.2, 0) is 16.1 Å². The molecule has 0 N–H and O–H groups in total. The molecule has 34 heavy (non-hydrogen) atoms. The van der Waals surface area contributed by atoms with E-state index >= 15 is 0 Å². The van der Waals surface area contributed by atoms with E-state index < -0.39 is 10.9 Å². The molecule has 0 atom stereocenters. The second-order valence-corrected chi connectivity index (χ2v) is 8.61. The van der Waals surface area contributed by atoms with Gasteiger partial charge >= 0.3 is 5.97 Å². The van der Waals surface area contributed by atoms with Gasteiger partial charge < -0.3 is 14.2 Å². The van der Waals surface area contributed by atoms with Crippen LogP contribution in [0.25, 0.3) is 6.08 Å². The van der Waals surface area contributed by atoms with Gasteiger partial charge in [0, 0.05) is 17.7 Å². The molecule has 0 bridgehead atoms. The topological polar surface area (TPSA) is 100 Å². The Morgan fingerprint density at radius 1 is 1.15 bits per heavy atom. The van der Waals surface area contributed by atoms with Gasteiger partial charge in [0.1, 0.15) is 6.61 Å². The molecule has 4 rings (SSSR count). The second kappa shape index (κ2) is 10.0. The number of nitro benzene ring substituents is 1. The zero-order chi connectivity index (χ0) is 24.2. The number of nitro groups is 1. The van der Waals surface area contributed by atoms with Crippen LogP contribution in [0.2, 0.25) is 0 Å². The summed E-state index contributed by atoms with van der Waals surface area (Å²) in [5, 5.41) is 11.0. The molecule has 0 aliphatic carbocycles. The Kier molecular flexibility index (Phi) is 6.92. The van der Waals surface area contributed by atoms with Crippen molar-refractivity contribution in [3.05, 3.63) is 102 Å². The van der Waals surface area contributed by atoms with Crippen LogP contribution in [0, 0.1) is 20.6 Å². The van der Waals surface area contributed by atoms with Crippen LogP contribution in [-0.4, -0.2) is 23.9 Å². The summed E-state index contributed by atoms with van der Waals surface area (Å²) in [5.74, 6) is 0.679. The summed E-state index contributed by atoms with van der Waals surface area (Å²) in [4.78, 5) is 27.3. The zero-order valence-corrected chi connectivity index (χ0v) is 20.4. The third-order valence-electron chi connectivity index (χ3n) is 4.98. The standard InChI is InChI=1S/C25H19IN2O6/c1-15-6-8-18(9-7-15)24-27-21(25(29)34-24)12-17-11-20(26)23(22(13-17)32-2)33-14-16-4-3-5-19(10-16)28(30)31/h3-13H,14H2,1-2H3/b21-12-.